The number of thioether (sulfide) groups is 1. The summed E-state index contributed by atoms with van der Waals surface area (Å²) in [4.78, 5) is 12.9. The Morgan fingerprint density at radius 3 is 2.87 bits per heavy atom. The van der Waals surface area contributed by atoms with Crippen LogP contribution < -0.4 is 0 Å². The number of fused-ring (bicyclic) bond motifs is 1. The first-order valence-corrected chi connectivity index (χ1v) is 7.89. The second kappa shape index (κ2) is 5.76. The van der Waals surface area contributed by atoms with Crippen LogP contribution in [0.5, 0.6) is 0 Å². The predicted molar refractivity (Wildman–Crippen MR) is 85.0 cm³/mol. The quantitative estimate of drug-likeness (QED) is 0.527. The summed E-state index contributed by atoms with van der Waals surface area (Å²) in [5.41, 5.74) is 2.82. The number of nitrogens with zero attached hydrogens (tertiary/aromatic N) is 8. The van der Waals surface area contributed by atoms with Gasteiger partial charge in [-0.15, -0.1) is 0 Å². The molecule has 3 heterocycles. The van der Waals surface area contributed by atoms with Crippen LogP contribution in [0.25, 0.3) is 17.0 Å². The third-order valence-electron chi connectivity index (χ3n) is 3.32. The van der Waals surface area contributed by atoms with Crippen molar-refractivity contribution in [3.8, 4) is 5.95 Å². The lowest BCUT2D eigenvalue weighted by Gasteiger charge is -2.06. The minimum atomic E-state index is 0.629. The van der Waals surface area contributed by atoms with Crippen LogP contribution in [0.15, 0.2) is 48.0 Å². The van der Waals surface area contributed by atoms with E-state index >= 15 is 0 Å². The summed E-state index contributed by atoms with van der Waals surface area (Å²) in [5, 5.41) is 12.6. The van der Waals surface area contributed by atoms with E-state index in [1.165, 1.54) is 0 Å². The first-order chi connectivity index (χ1) is 11.3. The van der Waals surface area contributed by atoms with Gasteiger partial charge in [-0.2, -0.15) is 0 Å². The topological polar surface area (TPSA) is 87.2 Å². The molecule has 3 aromatic heterocycles. The molecule has 0 atom stereocenters. The highest BCUT2D eigenvalue weighted by molar-refractivity contribution is 7.98. The zero-order chi connectivity index (χ0) is 15.6. The molecule has 0 radical (unpaired) electrons. The van der Waals surface area contributed by atoms with E-state index in [1.807, 2.05) is 41.9 Å². The van der Waals surface area contributed by atoms with Crippen molar-refractivity contribution in [3.05, 3.63) is 48.5 Å². The lowest BCUT2D eigenvalue weighted by atomic mass is 10.3. The Kier molecular flexibility index (Phi) is 3.46. The zero-order valence-corrected chi connectivity index (χ0v) is 13.1. The predicted octanol–water partition coefficient (Wildman–Crippen LogP) is 1.63. The van der Waals surface area contributed by atoms with Gasteiger partial charge >= 0.3 is 0 Å². The van der Waals surface area contributed by atoms with Gasteiger partial charge in [-0.1, -0.05) is 29.0 Å². The van der Waals surface area contributed by atoms with Gasteiger partial charge in [0.1, 0.15) is 6.33 Å². The Balaban J connectivity index is 1.78. The van der Waals surface area contributed by atoms with Crippen LogP contribution in [0.4, 0.5) is 0 Å². The normalized spacial score (nSPS) is 11.2. The number of benzene rings is 1. The van der Waals surface area contributed by atoms with Gasteiger partial charge in [0.05, 0.1) is 16.7 Å². The Labute approximate surface area is 135 Å². The van der Waals surface area contributed by atoms with Gasteiger partial charge in [-0.25, -0.2) is 19.6 Å². The van der Waals surface area contributed by atoms with E-state index in [9.17, 15) is 0 Å². The van der Waals surface area contributed by atoms with Crippen molar-refractivity contribution in [2.75, 3.05) is 0 Å². The molecule has 0 N–H and O–H groups in total. The number of aryl methyl sites for hydroxylation is 1. The number of para-hydroxylation sites is 2. The molecule has 0 unspecified atom stereocenters. The Bertz CT molecular complexity index is 946. The van der Waals surface area contributed by atoms with Gasteiger partial charge in [0.15, 0.2) is 5.16 Å². The highest BCUT2D eigenvalue weighted by atomic mass is 32.2. The maximum absolute atomic E-state index is 4.70. The van der Waals surface area contributed by atoms with Crippen molar-refractivity contribution in [2.45, 2.75) is 10.9 Å². The fraction of sp³-hybridized carbons (Fsp3) is 0.143. The van der Waals surface area contributed by atoms with Crippen molar-refractivity contribution in [3.63, 3.8) is 0 Å². The molecule has 8 nitrogen and oxygen atoms in total. The number of imidazole rings is 1. The Morgan fingerprint density at radius 1 is 1.17 bits per heavy atom. The average Bonchev–Trinajstić information content (AvgIpc) is 3.16. The van der Waals surface area contributed by atoms with Gasteiger partial charge in [-0.05, 0) is 28.6 Å². The van der Waals surface area contributed by atoms with E-state index in [0.29, 0.717) is 11.7 Å². The molecule has 23 heavy (non-hydrogen) atoms. The number of rotatable bonds is 4. The third-order valence-corrected chi connectivity index (χ3v) is 4.29. The first-order valence-electron chi connectivity index (χ1n) is 6.91. The molecule has 4 aromatic rings. The number of aromatic nitrogens is 8. The van der Waals surface area contributed by atoms with Crippen LogP contribution in [-0.2, 0) is 12.8 Å². The third kappa shape index (κ3) is 2.55. The van der Waals surface area contributed by atoms with Crippen LogP contribution in [0, 0.1) is 0 Å². The van der Waals surface area contributed by atoms with Crippen molar-refractivity contribution in [1.82, 2.24) is 39.7 Å². The van der Waals surface area contributed by atoms with Gasteiger partial charge < -0.3 is 0 Å². The molecule has 9 heteroatoms. The second-order valence-corrected chi connectivity index (χ2v) is 5.75. The molecule has 0 spiro atoms. The van der Waals surface area contributed by atoms with E-state index in [4.69, 9.17) is 4.98 Å². The fourth-order valence-electron chi connectivity index (χ4n) is 2.25. The largest absolute Gasteiger partial charge is 0.256 e. The summed E-state index contributed by atoms with van der Waals surface area (Å²) < 4.78 is 3.59. The molecule has 0 saturated heterocycles. The van der Waals surface area contributed by atoms with Crippen molar-refractivity contribution < 1.29 is 0 Å². The number of hydrogen-bond acceptors (Lipinski definition) is 7. The van der Waals surface area contributed by atoms with Gasteiger partial charge in [0.25, 0.3) is 5.95 Å². The SMILES string of the molecule is Cn1nnnc1-n1c(SCc2ccncn2)nc2ccccc21. The molecule has 0 saturated carbocycles. The van der Waals surface area contributed by atoms with Crippen LogP contribution in [-0.4, -0.2) is 39.7 Å². The summed E-state index contributed by atoms with van der Waals surface area (Å²) in [5.74, 6) is 1.32. The molecule has 0 fully saturated rings. The molecule has 0 aliphatic rings. The molecule has 0 bridgehead atoms. The standard InChI is InChI=1S/C14H12N8S/c1-21-13(18-19-20-21)22-12-5-3-2-4-11(12)17-14(22)23-8-10-6-7-15-9-16-10/h2-7,9H,8H2,1H3. The monoisotopic (exact) mass is 324 g/mol. The molecule has 4 rings (SSSR count). The second-order valence-electron chi connectivity index (χ2n) is 4.81. The molecule has 0 amide bonds. The van der Waals surface area contributed by atoms with Gasteiger partial charge in [-0.3, -0.25) is 4.57 Å². The van der Waals surface area contributed by atoms with E-state index in [2.05, 4.69) is 25.5 Å². The van der Waals surface area contributed by atoms with E-state index < -0.39 is 0 Å². The molecule has 114 valence electrons. The van der Waals surface area contributed by atoms with E-state index in [0.717, 1.165) is 21.9 Å². The first kappa shape index (κ1) is 13.8. The van der Waals surface area contributed by atoms with Gasteiger partial charge in [0, 0.05) is 19.0 Å². The van der Waals surface area contributed by atoms with Crippen LogP contribution in [0.3, 0.4) is 0 Å². The fourth-order valence-corrected chi connectivity index (χ4v) is 3.17. The highest BCUT2D eigenvalue weighted by Gasteiger charge is 2.17. The summed E-state index contributed by atoms with van der Waals surface area (Å²) >= 11 is 1.59. The van der Waals surface area contributed by atoms with Gasteiger partial charge in [0.2, 0.25) is 0 Å². The zero-order valence-electron chi connectivity index (χ0n) is 12.2. The molecule has 1 aromatic carbocycles. The highest BCUT2D eigenvalue weighted by Crippen LogP contribution is 2.28. The Hall–Kier alpha value is -2.81. The van der Waals surface area contributed by atoms with Crippen molar-refractivity contribution >= 4 is 22.8 Å². The average molecular weight is 324 g/mol. The minimum absolute atomic E-state index is 0.629. The van der Waals surface area contributed by atoms with Crippen LogP contribution >= 0.6 is 11.8 Å². The lowest BCUT2D eigenvalue weighted by Crippen LogP contribution is -2.05. The number of hydrogen-bond donors (Lipinski definition) is 0. The maximum Gasteiger partial charge on any atom is 0.256 e. The molecule has 0 aliphatic carbocycles. The summed E-state index contributed by atoms with van der Waals surface area (Å²) in [6.45, 7) is 0. The minimum Gasteiger partial charge on any atom is -0.254 e. The maximum atomic E-state index is 4.70. The number of tetrazole rings is 1. The van der Waals surface area contributed by atoms with Crippen LogP contribution in [0.2, 0.25) is 0 Å². The summed E-state index contributed by atoms with van der Waals surface area (Å²) in [6, 6.07) is 9.82. The van der Waals surface area contributed by atoms with E-state index in [1.54, 1.807) is 29.0 Å². The van der Waals surface area contributed by atoms with Crippen LogP contribution in [0.1, 0.15) is 5.69 Å². The molecular formula is C14H12N8S. The van der Waals surface area contributed by atoms with E-state index in [-0.39, 0.29) is 0 Å². The summed E-state index contributed by atoms with van der Waals surface area (Å²) in [6.07, 6.45) is 3.28. The smallest absolute Gasteiger partial charge is 0.254 e. The summed E-state index contributed by atoms with van der Waals surface area (Å²) in [7, 11) is 1.81. The molecular weight excluding hydrogens is 312 g/mol. The van der Waals surface area contributed by atoms with Crippen molar-refractivity contribution in [2.24, 2.45) is 7.05 Å². The van der Waals surface area contributed by atoms with Crippen molar-refractivity contribution in [1.29, 1.82) is 0 Å². The lowest BCUT2D eigenvalue weighted by molar-refractivity contribution is 0.682. The molecule has 0 aliphatic heterocycles. The Morgan fingerprint density at radius 2 is 2.09 bits per heavy atom.